The third kappa shape index (κ3) is 9.80. The molecule has 6 nitrogen and oxygen atoms in total. The number of hydrogen-bond acceptors (Lipinski definition) is 4. The third-order valence-electron chi connectivity index (χ3n) is 17.8. The van der Waals surface area contributed by atoms with Gasteiger partial charge in [-0.3, -0.25) is 0 Å². The van der Waals surface area contributed by atoms with E-state index in [1.54, 1.807) is 0 Å². The number of para-hydroxylation sites is 6. The van der Waals surface area contributed by atoms with Crippen LogP contribution in [-0.4, -0.2) is 9.13 Å². The highest BCUT2D eigenvalue weighted by Gasteiger charge is 2.25. The van der Waals surface area contributed by atoms with Crippen molar-refractivity contribution in [2.24, 2.45) is 0 Å². The summed E-state index contributed by atoms with van der Waals surface area (Å²) in [6.07, 6.45) is 3.79. The zero-order valence-corrected chi connectivity index (χ0v) is 50.6. The van der Waals surface area contributed by atoms with E-state index < -0.39 is 0 Å². The summed E-state index contributed by atoms with van der Waals surface area (Å²) in [6.45, 7) is 8.08. The molecule has 0 bridgehead atoms. The zero-order chi connectivity index (χ0) is 61.5. The maximum atomic E-state index is 4.04. The summed E-state index contributed by atoms with van der Waals surface area (Å²) in [4.78, 5) is 9.52. The number of hydrogen-bond donors (Lipinski definition) is 0. The minimum Gasteiger partial charge on any atom is -0.311 e. The van der Waals surface area contributed by atoms with E-state index >= 15 is 0 Å². The molecule has 0 aliphatic heterocycles. The summed E-state index contributed by atoms with van der Waals surface area (Å²) in [5.41, 5.74) is 21.5. The van der Waals surface area contributed by atoms with Crippen molar-refractivity contribution >= 4 is 135 Å². The number of rotatable bonds is 16. The predicted octanol–water partition coefficient (Wildman–Crippen LogP) is 24.2. The van der Waals surface area contributed by atoms with E-state index in [2.05, 4.69) is 382 Å². The Morgan fingerprint density at radius 1 is 0.207 bits per heavy atom. The molecule has 0 spiro atoms. The number of aromatic nitrogens is 2. The first-order valence-corrected chi connectivity index (χ1v) is 31.2. The van der Waals surface area contributed by atoms with E-state index in [0.717, 1.165) is 134 Å². The van der Waals surface area contributed by atoms with Crippen LogP contribution in [0.1, 0.15) is 11.1 Å². The fourth-order valence-corrected chi connectivity index (χ4v) is 13.5. The fraction of sp³-hybridized carbons (Fsp3) is 0. The van der Waals surface area contributed by atoms with Gasteiger partial charge in [0.2, 0.25) is 0 Å². The first-order valence-electron chi connectivity index (χ1n) is 31.2. The van der Waals surface area contributed by atoms with E-state index in [1.807, 2.05) is 12.2 Å². The van der Waals surface area contributed by atoms with E-state index in [9.17, 15) is 0 Å². The monoisotopic (exact) mass is 1180 g/mol. The molecule has 2 aromatic heterocycles. The molecule has 0 radical (unpaired) electrons. The lowest BCUT2D eigenvalue weighted by molar-refractivity contribution is 1.18. The van der Waals surface area contributed by atoms with Crippen LogP contribution < -0.4 is 19.6 Å². The molecule has 0 unspecified atom stereocenters. The van der Waals surface area contributed by atoms with Gasteiger partial charge in [0.25, 0.3) is 0 Å². The van der Waals surface area contributed by atoms with Crippen LogP contribution in [0.3, 0.4) is 0 Å². The molecule has 0 N–H and O–H groups in total. The maximum Gasteiger partial charge on any atom is 0.0542 e. The van der Waals surface area contributed by atoms with E-state index in [-0.39, 0.29) is 0 Å². The van der Waals surface area contributed by atoms with Crippen LogP contribution in [0.5, 0.6) is 0 Å². The molecule has 6 heteroatoms. The Hall–Kier alpha value is -12.4. The van der Waals surface area contributed by atoms with Crippen molar-refractivity contribution in [3.05, 3.63) is 364 Å². The lowest BCUT2D eigenvalue weighted by Crippen LogP contribution is -2.14. The van der Waals surface area contributed by atoms with Crippen molar-refractivity contribution < 1.29 is 0 Å². The Balaban J connectivity index is 0.900. The molecular weight excluding hydrogens is 1120 g/mol. The summed E-state index contributed by atoms with van der Waals surface area (Å²) >= 11 is 0. The summed E-state index contributed by atoms with van der Waals surface area (Å²) in [5, 5.41) is 6.86. The Morgan fingerprint density at radius 3 is 0.793 bits per heavy atom. The molecule has 0 saturated carbocycles. The Morgan fingerprint density at radius 2 is 0.467 bits per heavy atom. The lowest BCUT2D eigenvalue weighted by atomic mass is 10.0. The first kappa shape index (κ1) is 55.0. The second-order valence-corrected chi connectivity index (χ2v) is 23.1. The van der Waals surface area contributed by atoms with Crippen molar-refractivity contribution in [1.29, 1.82) is 0 Å². The lowest BCUT2D eigenvalue weighted by Gasteiger charge is -2.32. The van der Waals surface area contributed by atoms with Crippen molar-refractivity contribution in [3.8, 4) is 11.4 Å². The second kappa shape index (κ2) is 23.6. The molecular formula is C86H62N6. The van der Waals surface area contributed by atoms with Gasteiger partial charge in [-0.25, -0.2) is 0 Å². The van der Waals surface area contributed by atoms with Gasteiger partial charge in [0.15, 0.2) is 0 Å². The summed E-state index contributed by atoms with van der Waals surface area (Å²) in [6, 6.07) is 123. The Kier molecular flexibility index (Phi) is 14.1. The minimum atomic E-state index is 1.02. The molecule has 0 aliphatic carbocycles. The van der Waals surface area contributed by atoms with Gasteiger partial charge in [-0.05, 0) is 193 Å². The SMILES string of the molecule is C=Cc1ccc(-n2c3ccccc3c3cc(N(c4ccc(N(c5ccccc5)c5ccccc5)cc4)c4ccc(N(c5ccc(N(c6ccccc6)c6ccccc6)cc5)c5ccc6c(c5)c5ccccc5n6-c5ccc(C=C)cc5)c5ccccc45)ccc32)cc1. The van der Waals surface area contributed by atoms with Crippen molar-refractivity contribution in [2.75, 3.05) is 19.6 Å². The molecule has 16 rings (SSSR count). The molecule has 0 atom stereocenters. The molecule has 0 aliphatic rings. The van der Waals surface area contributed by atoms with Crippen molar-refractivity contribution in [2.45, 2.75) is 0 Å². The van der Waals surface area contributed by atoms with Gasteiger partial charge in [0, 0.05) is 101 Å². The van der Waals surface area contributed by atoms with Gasteiger partial charge in [-0.2, -0.15) is 0 Å². The molecule has 0 fully saturated rings. The smallest absolute Gasteiger partial charge is 0.0542 e. The van der Waals surface area contributed by atoms with Crippen LogP contribution in [0.15, 0.2) is 353 Å². The van der Waals surface area contributed by atoms with Crippen molar-refractivity contribution in [1.82, 2.24) is 9.13 Å². The summed E-state index contributed by atoms with van der Waals surface area (Å²) in [7, 11) is 0. The number of benzene rings is 14. The first-order chi connectivity index (χ1) is 45.6. The van der Waals surface area contributed by atoms with E-state index in [0.29, 0.717) is 0 Å². The quantitative estimate of drug-likeness (QED) is 0.0962. The average Bonchev–Trinajstić information content (AvgIpc) is 1.44. The van der Waals surface area contributed by atoms with Gasteiger partial charge in [0.1, 0.15) is 0 Å². The zero-order valence-electron chi connectivity index (χ0n) is 50.6. The van der Waals surface area contributed by atoms with E-state index in [4.69, 9.17) is 0 Å². The molecule has 16 aromatic rings. The van der Waals surface area contributed by atoms with Crippen LogP contribution >= 0.6 is 0 Å². The van der Waals surface area contributed by atoms with Gasteiger partial charge in [-0.15, -0.1) is 0 Å². The van der Waals surface area contributed by atoms with Gasteiger partial charge in [-0.1, -0.05) is 183 Å². The van der Waals surface area contributed by atoms with Crippen LogP contribution in [0.2, 0.25) is 0 Å². The fourth-order valence-electron chi connectivity index (χ4n) is 13.5. The minimum absolute atomic E-state index is 1.02. The standard InChI is InChI=1S/C86H62N6/c1-3-61-37-41-71(42-38-61)91-81-35-21-19-33-77(81)79-59-73(53-55-85(79)91)89(69-49-45-67(46-50-69)87(63-23-9-5-10-24-63)64-25-11-6-12-26-64)83-57-58-84(76-32-18-17-31-75(76)83)90(70-51-47-68(48-52-70)88(65-27-13-7-14-28-65)66-29-15-8-16-30-66)74-54-56-86-80(60-74)78-34-20-22-36-82(78)92(86)72-43-39-62(4-2)40-44-72/h3-60H,1-2H2. The van der Waals surface area contributed by atoms with Gasteiger partial charge >= 0.3 is 0 Å². The van der Waals surface area contributed by atoms with Crippen molar-refractivity contribution in [3.63, 3.8) is 0 Å². The van der Waals surface area contributed by atoms with Gasteiger partial charge in [0.05, 0.1) is 33.4 Å². The second-order valence-electron chi connectivity index (χ2n) is 23.1. The highest BCUT2D eigenvalue weighted by Crippen LogP contribution is 2.49. The summed E-state index contributed by atoms with van der Waals surface area (Å²) < 4.78 is 4.76. The number of fused-ring (bicyclic) bond motifs is 7. The average molecular weight is 1180 g/mol. The molecule has 436 valence electrons. The third-order valence-corrected chi connectivity index (χ3v) is 17.8. The molecule has 0 saturated heterocycles. The molecule has 92 heavy (non-hydrogen) atoms. The normalized spacial score (nSPS) is 11.3. The summed E-state index contributed by atoms with van der Waals surface area (Å²) in [5.74, 6) is 0. The molecule has 2 heterocycles. The number of nitrogens with zero attached hydrogens (tertiary/aromatic N) is 6. The van der Waals surface area contributed by atoms with Crippen LogP contribution in [0, 0.1) is 0 Å². The van der Waals surface area contributed by atoms with Crippen LogP contribution in [-0.2, 0) is 0 Å². The molecule has 0 amide bonds. The van der Waals surface area contributed by atoms with E-state index in [1.165, 1.54) is 10.8 Å². The highest BCUT2D eigenvalue weighted by molar-refractivity contribution is 6.14. The highest BCUT2D eigenvalue weighted by atomic mass is 15.2. The molecule has 14 aromatic carbocycles. The number of anilines is 12. The topological polar surface area (TPSA) is 22.8 Å². The largest absolute Gasteiger partial charge is 0.311 e. The Labute approximate surface area is 535 Å². The Bertz CT molecular complexity index is 4930. The van der Waals surface area contributed by atoms with Crippen LogP contribution in [0.4, 0.5) is 68.2 Å². The van der Waals surface area contributed by atoms with Crippen LogP contribution in [0.25, 0.3) is 77.9 Å². The van der Waals surface area contributed by atoms with Gasteiger partial charge < -0.3 is 28.7 Å². The maximum absolute atomic E-state index is 4.04. The predicted molar refractivity (Wildman–Crippen MR) is 392 cm³/mol.